The summed E-state index contributed by atoms with van der Waals surface area (Å²) in [4.78, 5) is 36.6. The molecule has 106 valence electrons. The van der Waals surface area contributed by atoms with Crippen LogP contribution < -0.4 is 5.32 Å². The van der Waals surface area contributed by atoms with Crippen LogP contribution in [0.3, 0.4) is 0 Å². The SMILES string of the molecule is CC1(C)C(=O)NC(=O)CN1C(=O)c1ccc(Cl)cc1F. The Labute approximate surface area is 119 Å². The molecule has 20 heavy (non-hydrogen) atoms. The lowest BCUT2D eigenvalue weighted by Gasteiger charge is -2.40. The first-order chi connectivity index (χ1) is 9.23. The Morgan fingerprint density at radius 1 is 1.40 bits per heavy atom. The smallest absolute Gasteiger partial charge is 0.258 e. The van der Waals surface area contributed by atoms with Crippen LogP contribution in [-0.4, -0.2) is 34.7 Å². The van der Waals surface area contributed by atoms with Crippen LogP contribution in [0, 0.1) is 5.82 Å². The lowest BCUT2D eigenvalue weighted by Crippen LogP contribution is -2.65. The molecule has 0 saturated carbocycles. The van der Waals surface area contributed by atoms with Crippen LogP contribution in [-0.2, 0) is 9.59 Å². The first kappa shape index (κ1) is 14.5. The van der Waals surface area contributed by atoms with Crippen molar-refractivity contribution in [3.63, 3.8) is 0 Å². The van der Waals surface area contributed by atoms with Gasteiger partial charge < -0.3 is 4.90 Å². The number of hydrogen-bond acceptors (Lipinski definition) is 3. The largest absolute Gasteiger partial charge is 0.315 e. The Morgan fingerprint density at radius 2 is 2.05 bits per heavy atom. The molecule has 1 fully saturated rings. The number of hydrogen-bond donors (Lipinski definition) is 1. The van der Waals surface area contributed by atoms with Gasteiger partial charge in [-0.3, -0.25) is 19.7 Å². The molecule has 0 atom stereocenters. The van der Waals surface area contributed by atoms with Gasteiger partial charge in [-0.15, -0.1) is 0 Å². The lowest BCUT2D eigenvalue weighted by molar-refractivity contribution is -0.143. The van der Waals surface area contributed by atoms with Crippen molar-refractivity contribution < 1.29 is 18.8 Å². The number of benzene rings is 1. The van der Waals surface area contributed by atoms with E-state index in [9.17, 15) is 18.8 Å². The summed E-state index contributed by atoms with van der Waals surface area (Å²) in [6.45, 7) is 2.67. The van der Waals surface area contributed by atoms with E-state index in [4.69, 9.17) is 11.6 Å². The van der Waals surface area contributed by atoms with Gasteiger partial charge in [-0.25, -0.2) is 4.39 Å². The van der Waals surface area contributed by atoms with Crippen molar-refractivity contribution in [2.75, 3.05) is 6.54 Å². The summed E-state index contributed by atoms with van der Waals surface area (Å²) in [6, 6.07) is 3.61. The second kappa shape index (κ2) is 4.86. The highest BCUT2D eigenvalue weighted by Gasteiger charge is 2.44. The van der Waals surface area contributed by atoms with Crippen LogP contribution in [0.4, 0.5) is 4.39 Å². The standard InChI is InChI=1S/C13H12ClFN2O3/c1-13(2)12(20)16-10(18)6-17(13)11(19)8-4-3-7(14)5-9(8)15/h3-5H,6H2,1-2H3,(H,16,18,20). The van der Waals surface area contributed by atoms with Gasteiger partial charge in [-0.1, -0.05) is 11.6 Å². The van der Waals surface area contributed by atoms with Crippen molar-refractivity contribution in [1.82, 2.24) is 10.2 Å². The first-order valence-electron chi connectivity index (χ1n) is 5.85. The number of piperazine rings is 1. The molecular weight excluding hydrogens is 287 g/mol. The number of amides is 3. The van der Waals surface area contributed by atoms with E-state index in [1.54, 1.807) is 0 Å². The fraction of sp³-hybridized carbons (Fsp3) is 0.308. The minimum atomic E-state index is -1.24. The number of nitrogens with one attached hydrogen (secondary N) is 1. The van der Waals surface area contributed by atoms with Crippen molar-refractivity contribution >= 4 is 29.3 Å². The van der Waals surface area contributed by atoms with E-state index in [2.05, 4.69) is 5.32 Å². The molecule has 0 aromatic heterocycles. The van der Waals surface area contributed by atoms with Crippen LogP contribution in [0.5, 0.6) is 0 Å². The fourth-order valence-corrected chi connectivity index (χ4v) is 2.08. The molecule has 0 bridgehead atoms. The normalized spacial score (nSPS) is 17.9. The predicted octanol–water partition coefficient (Wildman–Crippen LogP) is 1.36. The molecule has 1 aromatic carbocycles. The summed E-state index contributed by atoms with van der Waals surface area (Å²) in [6.07, 6.45) is 0. The third-order valence-electron chi connectivity index (χ3n) is 3.19. The van der Waals surface area contributed by atoms with Gasteiger partial charge in [0.2, 0.25) is 5.91 Å². The monoisotopic (exact) mass is 298 g/mol. The van der Waals surface area contributed by atoms with Crippen molar-refractivity contribution in [2.24, 2.45) is 0 Å². The molecule has 3 amide bonds. The molecule has 2 rings (SSSR count). The average molecular weight is 299 g/mol. The number of rotatable bonds is 1. The topological polar surface area (TPSA) is 66.5 Å². The highest BCUT2D eigenvalue weighted by atomic mass is 35.5. The van der Waals surface area contributed by atoms with E-state index in [1.165, 1.54) is 26.0 Å². The van der Waals surface area contributed by atoms with Crippen LogP contribution in [0.2, 0.25) is 5.02 Å². The fourth-order valence-electron chi connectivity index (χ4n) is 1.92. The maximum atomic E-state index is 13.8. The van der Waals surface area contributed by atoms with E-state index < -0.39 is 29.1 Å². The highest BCUT2D eigenvalue weighted by Crippen LogP contribution is 2.23. The average Bonchev–Trinajstić information content (AvgIpc) is 2.33. The van der Waals surface area contributed by atoms with Crippen LogP contribution in [0.25, 0.3) is 0 Å². The Bertz CT molecular complexity index is 616. The molecule has 5 nitrogen and oxygen atoms in total. The Morgan fingerprint density at radius 3 is 2.65 bits per heavy atom. The van der Waals surface area contributed by atoms with Gasteiger partial charge in [0, 0.05) is 5.02 Å². The van der Waals surface area contributed by atoms with Crippen molar-refractivity contribution in [3.8, 4) is 0 Å². The molecule has 1 saturated heterocycles. The minimum Gasteiger partial charge on any atom is -0.315 e. The van der Waals surface area contributed by atoms with E-state index in [0.717, 1.165) is 11.0 Å². The molecule has 1 aliphatic rings. The summed E-state index contributed by atoms with van der Waals surface area (Å²) in [7, 11) is 0. The zero-order valence-electron chi connectivity index (χ0n) is 10.9. The number of halogens is 2. The predicted molar refractivity (Wildman–Crippen MR) is 69.7 cm³/mol. The molecule has 1 aliphatic heterocycles. The second-order valence-corrected chi connectivity index (χ2v) is 5.39. The minimum absolute atomic E-state index is 0.158. The first-order valence-corrected chi connectivity index (χ1v) is 6.22. The maximum absolute atomic E-state index is 13.8. The molecule has 0 radical (unpaired) electrons. The van der Waals surface area contributed by atoms with E-state index in [-0.39, 0.29) is 17.1 Å². The van der Waals surface area contributed by atoms with Gasteiger partial charge in [0.1, 0.15) is 17.9 Å². The van der Waals surface area contributed by atoms with Gasteiger partial charge in [-0.2, -0.15) is 0 Å². The van der Waals surface area contributed by atoms with E-state index in [0.29, 0.717) is 0 Å². The van der Waals surface area contributed by atoms with E-state index >= 15 is 0 Å². The summed E-state index contributed by atoms with van der Waals surface area (Å²) in [5.41, 5.74) is -1.47. The van der Waals surface area contributed by atoms with Crippen molar-refractivity contribution in [1.29, 1.82) is 0 Å². The van der Waals surface area contributed by atoms with Crippen LogP contribution in [0.1, 0.15) is 24.2 Å². The van der Waals surface area contributed by atoms with Gasteiger partial charge in [0.05, 0.1) is 5.56 Å². The molecular formula is C13H12ClFN2O3. The number of nitrogens with zero attached hydrogens (tertiary/aromatic N) is 1. The van der Waals surface area contributed by atoms with Gasteiger partial charge in [-0.05, 0) is 32.0 Å². The number of carbonyl (C=O) groups is 3. The third-order valence-corrected chi connectivity index (χ3v) is 3.43. The van der Waals surface area contributed by atoms with Crippen LogP contribution in [0.15, 0.2) is 18.2 Å². The zero-order chi connectivity index (χ0) is 15.1. The number of carbonyl (C=O) groups excluding carboxylic acids is 3. The zero-order valence-corrected chi connectivity index (χ0v) is 11.6. The second-order valence-electron chi connectivity index (χ2n) is 4.95. The molecule has 1 aromatic rings. The summed E-state index contributed by atoms with van der Waals surface area (Å²) in [5, 5.41) is 2.30. The lowest BCUT2D eigenvalue weighted by atomic mass is 9.97. The molecule has 7 heteroatoms. The molecule has 0 aliphatic carbocycles. The Kier molecular flexibility index (Phi) is 3.52. The quantitative estimate of drug-likeness (QED) is 0.796. The van der Waals surface area contributed by atoms with Crippen LogP contribution >= 0.6 is 11.6 Å². The number of imide groups is 1. The Balaban J connectivity index is 2.40. The molecule has 0 unspecified atom stereocenters. The van der Waals surface area contributed by atoms with Gasteiger partial charge in [0.15, 0.2) is 0 Å². The highest BCUT2D eigenvalue weighted by molar-refractivity contribution is 6.30. The van der Waals surface area contributed by atoms with Crippen molar-refractivity contribution in [3.05, 3.63) is 34.6 Å². The summed E-state index contributed by atoms with van der Waals surface area (Å²) >= 11 is 5.63. The summed E-state index contributed by atoms with van der Waals surface area (Å²) < 4.78 is 13.8. The maximum Gasteiger partial charge on any atom is 0.258 e. The van der Waals surface area contributed by atoms with E-state index in [1.807, 2.05) is 0 Å². The van der Waals surface area contributed by atoms with Gasteiger partial charge >= 0.3 is 0 Å². The molecule has 0 spiro atoms. The molecule has 1 heterocycles. The Hall–Kier alpha value is -1.95. The third kappa shape index (κ3) is 2.38. The molecule has 1 N–H and O–H groups in total. The van der Waals surface area contributed by atoms with Crippen molar-refractivity contribution in [2.45, 2.75) is 19.4 Å². The summed E-state index contributed by atoms with van der Waals surface area (Å²) in [5.74, 6) is -2.72. The van der Waals surface area contributed by atoms with Gasteiger partial charge in [0.25, 0.3) is 11.8 Å².